The summed E-state index contributed by atoms with van der Waals surface area (Å²) in [5.41, 5.74) is 1.11. The predicted octanol–water partition coefficient (Wildman–Crippen LogP) is 2.78. The number of nitrogens with zero attached hydrogens (tertiary/aromatic N) is 1. The molecule has 0 fully saturated rings. The fourth-order valence-electron chi connectivity index (χ4n) is 1.78. The number of ether oxygens (including phenoxy) is 1. The van der Waals surface area contributed by atoms with Gasteiger partial charge in [0, 0.05) is 24.7 Å². The largest absolute Gasteiger partial charge is 0.478 e. The molecule has 1 aromatic carbocycles. The molecule has 5 heteroatoms. The van der Waals surface area contributed by atoms with Crippen LogP contribution in [-0.4, -0.2) is 42.3 Å². The summed E-state index contributed by atoms with van der Waals surface area (Å²) in [5.74, 6) is -1.39. The number of carboxylic acid groups (broad SMARTS) is 1. The molecule has 0 radical (unpaired) electrons. The van der Waals surface area contributed by atoms with E-state index in [0.717, 1.165) is 12.6 Å². The molecule has 0 bridgehead atoms. The van der Waals surface area contributed by atoms with Crippen molar-refractivity contribution in [3.05, 3.63) is 41.2 Å². The van der Waals surface area contributed by atoms with Crippen LogP contribution < -0.4 is 0 Å². The van der Waals surface area contributed by atoms with Gasteiger partial charge in [-0.05, 0) is 38.6 Å². The molecule has 0 spiro atoms. The van der Waals surface area contributed by atoms with Gasteiger partial charge in [0.25, 0.3) is 0 Å². The molecular formula is C16H22FNO3. The Hall–Kier alpha value is -1.72. The summed E-state index contributed by atoms with van der Waals surface area (Å²) in [7, 11) is 1.90. The van der Waals surface area contributed by atoms with Crippen LogP contribution in [0.15, 0.2) is 24.3 Å². The number of hydrogen-bond donors (Lipinski definition) is 1. The van der Waals surface area contributed by atoms with Crippen LogP contribution in [0.2, 0.25) is 0 Å². The average Bonchev–Trinajstić information content (AvgIpc) is 2.38. The first-order valence-electron chi connectivity index (χ1n) is 6.88. The van der Waals surface area contributed by atoms with E-state index >= 15 is 0 Å². The fraction of sp³-hybridized carbons (Fsp3) is 0.438. The summed E-state index contributed by atoms with van der Waals surface area (Å²) >= 11 is 0. The standard InChI is InChI=1S/C16H22FNO3/c1-12(2)21-9-8-18(3)11-14-6-4-13(10-15(14)17)5-7-16(19)20/h4-7,10,12H,8-9,11H2,1-3H3,(H,19,20)/b7-5+. The summed E-state index contributed by atoms with van der Waals surface area (Å²) in [6, 6.07) is 4.72. The molecular weight excluding hydrogens is 273 g/mol. The zero-order valence-electron chi connectivity index (χ0n) is 12.7. The lowest BCUT2D eigenvalue weighted by Crippen LogP contribution is -2.24. The first kappa shape index (κ1) is 17.3. The maximum atomic E-state index is 13.9. The van der Waals surface area contributed by atoms with Gasteiger partial charge in [-0.3, -0.25) is 4.90 Å². The Morgan fingerprint density at radius 3 is 2.76 bits per heavy atom. The van der Waals surface area contributed by atoms with Crippen LogP contribution in [0, 0.1) is 5.82 Å². The smallest absolute Gasteiger partial charge is 0.328 e. The van der Waals surface area contributed by atoms with Gasteiger partial charge >= 0.3 is 5.97 Å². The Kier molecular flexibility index (Phi) is 7.05. The van der Waals surface area contributed by atoms with Gasteiger partial charge in [-0.15, -0.1) is 0 Å². The van der Waals surface area contributed by atoms with Crippen molar-refractivity contribution in [1.82, 2.24) is 4.90 Å². The summed E-state index contributed by atoms with van der Waals surface area (Å²) in [6.07, 6.45) is 2.55. The number of rotatable bonds is 8. The van der Waals surface area contributed by atoms with Crippen LogP contribution >= 0.6 is 0 Å². The van der Waals surface area contributed by atoms with E-state index in [9.17, 15) is 9.18 Å². The second-order valence-electron chi connectivity index (χ2n) is 5.18. The molecule has 0 saturated heterocycles. The van der Waals surface area contributed by atoms with Crippen LogP contribution in [0.25, 0.3) is 6.08 Å². The molecule has 0 aliphatic rings. The molecule has 0 unspecified atom stereocenters. The highest BCUT2D eigenvalue weighted by molar-refractivity contribution is 5.85. The fourth-order valence-corrected chi connectivity index (χ4v) is 1.78. The number of carboxylic acids is 1. The lowest BCUT2D eigenvalue weighted by Gasteiger charge is -2.18. The Balaban J connectivity index is 2.57. The van der Waals surface area contributed by atoms with Crippen LogP contribution in [0.1, 0.15) is 25.0 Å². The molecule has 0 atom stereocenters. The molecule has 0 aliphatic carbocycles. The maximum absolute atomic E-state index is 13.9. The number of benzene rings is 1. The summed E-state index contributed by atoms with van der Waals surface area (Å²) in [6.45, 7) is 5.76. The van der Waals surface area contributed by atoms with Crippen LogP contribution in [0.4, 0.5) is 4.39 Å². The Bertz CT molecular complexity index is 500. The van der Waals surface area contributed by atoms with E-state index < -0.39 is 5.97 Å². The number of aliphatic carboxylic acids is 1. The maximum Gasteiger partial charge on any atom is 0.328 e. The van der Waals surface area contributed by atoms with Crippen LogP contribution in [0.5, 0.6) is 0 Å². The zero-order valence-corrected chi connectivity index (χ0v) is 12.7. The third kappa shape index (κ3) is 7.02. The van der Waals surface area contributed by atoms with Gasteiger partial charge in [-0.2, -0.15) is 0 Å². The van der Waals surface area contributed by atoms with Gasteiger partial charge in [0.15, 0.2) is 0 Å². The number of halogens is 1. The monoisotopic (exact) mass is 295 g/mol. The van der Waals surface area contributed by atoms with Gasteiger partial charge in [-0.1, -0.05) is 12.1 Å². The van der Waals surface area contributed by atoms with Gasteiger partial charge in [0.1, 0.15) is 5.82 Å². The van der Waals surface area contributed by atoms with E-state index in [1.807, 2.05) is 25.8 Å². The van der Waals surface area contributed by atoms with Crippen molar-refractivity contribution in [1.29, 1.82) is 0 Å². The van der Waals surface area contributed by atoms with E-state index in [4.69, 9.17) is 9.84 Å². The normalized spacial score (nSPS) is 11.7. The molecule has 21 heavy (non-hydrogen) atoms. The van der Waals surface area contributed by atoms with E-state index in [0.29, 0.717) is 24.3 Å². The molecule has 0 heterocycles. The van der Waals surface area contributed by atoms with Crippen molar-refractivity contribution in [2.24, 2.45) is 0 Å². The highest BCUT2D eigenvalue weighted by atomic mass is 19.1. The lowest BCUT2D eigenvalue weighted by molar-refractivity contribution is -0.131. The Labute approximate surface area is 124 Å². The molecule has 1 rings (SSSR count). The van der Waals surface area contributed by atoms with Gasteiger partial charge in [0.2, 0.25) is 0 Å². The summed E-state index contributed by atoms with van der Waals surface area (Å²) in [4.78, 5) is 12.4. The zero-order chi connectivity index (χ0) is 15.8. The van der Waals surface area contributed by atoms with Crippen molar-refractivity contribution in [3.63, 3.8) is 0 Å². The van der Waals surface area contributed by atoms with Crippen molar-refractivity contribution >= 4 is 12.0 Å². The summed E-state index contributed by atoms with van der Waals surface area (Å²) in [5, 5.41) is 8.54. The van der Waals surface area contributed by atoms with E-state index in [1.165, 1.54) is 12.1 Å². The molecule has 0 aliphatic heterocycles. The molecule has 1 N–H and O–H groups in total. The van der Waals surface area contributed by atoms with E-state index in [1.54, 1.807) is 12.1 Å². The minimum Gasteiger partial charge on any atom is -0.478 e. The highest BCUT2D eigenvalue weighted by Gasteiger charge is 2.07. The van der Waals surface area contributed by atoms with Crippen LogP contribution in [0.3, 0.4) is 0 Å². The predicted molar refractivity (Wildman–Crippen MR) is 80.5 cm³/mol. The quantitative estimate of drug-likeness (QED) is 0.749. The third-order valence-corrected chi connectivity index (χ3v) is 2.86. The highest BCUT2D eigenvalue weighted by Crippen LogP contribution is 2.13. The molecule has 116 valence electrons. The molecule has 0 aromatic heterocycles. The lowest BCUT2D eigenvalue weighted by atomic mass is 10.1. The second-order valence-corrected chi connectivity index (χ2v) is 5.18. The van der Waals surface area contributed by atoms with Crippen molar-refractivity contribution in [3.8, 4) is 0 Å². The van der Waals surface area contributed by atoms with Gasteiger partial charge in [0.05, 0.1) is 12.7 Å². The minimum absolute atomic E-state index is 0.190. The number of carbonyl (C=O) groups is 1. The third-order valence-electron chi connectivity index (χ3n) is 2.86. The van der Waals surface area contributed by atoms with Crippen LogP contribution in [-0.2, 0) is 16.1 Å². The average molecular weight is 295 g/mol. The van der Waals surface area contributed by atoms with E-state index in [2.05, 4.69) is 0 Å². The van der Waals surface area contributed by atoms with Gasteiger partial charge < -0.3 is 9.84 Å². The second kappa shape index (κ2) is 8.54. The minimum atomic E-state index is -1.05. The Morgan fingerprint density at radius 2 is 2.19 bits per heavy atom. The molecule has 1 aromatic rings. The molecule has 0 saturated carbocycles. The SMILES string of the molecule is CC(C)OCCN(C)Cc1ccc(/C=C/C(=O)O)cc1F. The van der Waals surface area contributed by atoms with Crippen molar-refractivity contribution in [2.75, 3.05) is 20.2 Å². The topological polar surface area (TPSA) is 49.8 Å². The first-order valence-corrected chi connectivity index (χ1v) is 6.88. The molecule has 0 amide bonds. The van der Waals surface area contributed by atoms with Crippen molar-refractivity contribution in [2.45, 2.75) is 26.5 Å². The number of likely N-dealkylation sites (N-methyl/N-ethyl adjacent to an activating group) is 1. The molecule has 4 nitrogen and oxygen atoms in total. The summed E-state index contributed by atoms with van der Waals surface area (Å²) < 4.78 is 19.4. The van der Waals surface area contributed by atoms with Gasteiger partial charge in [-0.25, -0.2) is 9.18 Å². The first-order chi connectivity index (χ1) is 9.88. The Morgan fingerprint density at radius 1 is 1.48 bits per heavy atom. The van der Waals surface area contributed by atoms with Crippen molar-refractivity contribution < 1.29 is 19.0 Å². The number of hydrogen-bond acceptors (Lipinski definition) is 3. The van der Waals surface area contributed by atoms with E-state index in [-0.39, 0.29) is 11.9 Å².